The molecule has 0 aromatic heterocycles. The number of nitrogens with one attached hydrogen (secondary N) is 1. The number of thioether (sulfide) groups is 1. The van der Waals surface area contributed by atoms with Gasteiger partial charge in [-0.05, 0) is 43.4 Å². The zero-order valence-electron chi connectivity index (χ0n) is 11.3. The molecule has 0 aliphatic rings. The summed E-state index contributed by atoms with van der Waals surface area (Å²) < 4.78 is 0. The summed E-state index contributed by atoms with van der Waals surface area (Å²) in [5.74, 6) is -0.0446. The molecule has 1 aromatic rings. The van der Waals surface area contributed by atoms with Crippen LogP contribution in [0.3, 0.4) is 0 Å². The van der Waals surface area contributed by atoms with E-state index in [2.05, 4.69) is 5.32 Å². The highest BCUT2D eigenvalue weighted by Gasteiger charge is 2.26. The largest absolute Gasteiger partial charge is 0.345 e. The third-order valence-electron chi connectivity index (χ3n) is 3.48. The highest BCUT2D eigenvalue weighted by atomic mass is 32.2. The molecule has 100 valence electrons. The Bertz CT molecular complexity index is 377. The van der Waals surface area contributed by atoms with Crippen LogP contribution in [0.15, 0.2) is 29.2 Å². The van der Waals surface area contributed by atoms with Gasteiger partial charge in [0.2, 0.25) is 0 Å². The number of hydrogen-bond donors (Lipinski definition) is 2. The van der Waals surface area contributed by atoms with Crippen LogP contribution in [0.4, 0.5) is 0 Å². The monoisotopic (exact) mass is 266 g/mol. The van der Waals surface area contributed by atoms with Gasteiger partial charge in [-0.1, -0.05) is 13.8 Å². The second-order valence-corrected chi connectivity index (χ2v) is 5.25. The van der Waals surface area contributed by atoms with Crippen LogP contribution in [0, 0.1) is 0 Å². The van der Waals surface area contributed by atoms with E-state index in [1.807, 2.05) is 44.4 Å². The van der Waals surface area contributed by atoms with Crippen molar-refractivity contribution in [3.05, 3.63) is 29.8 Å². The Hall–Kier alpha value is -1.00. The Morgan fingerprint density at radius 3 is 2.22 bits per heavy atom. The van der Waals surface area contributed by atoms with Gasteiger partial charge in [0, 0.05) is 17.0 Å². The molecule has 0 heterocycles. The number of hydrogen-bond acceptors (Lipinski definition) is 3. The normalized spacial score (nSPS) is 11.3. The Labute approximate surface area is 114 Å². The number of benzene rings is 1. The number of amides is 1. The molecule has 0 aliphatic carbocycles. The Kier molecular flexibility index (Phi) is 5.69. The molecular formula is C14H22N2OS. The number of carbonyl (C=O) groups is 1. The average molecular weight is 266 g/mol. The SMILES string of the molecule is CCC(CC)(CN)NC(=O)c1ccc(SC)cc1. The van der Waals surface area contributed by atoms with Crippen molar-refractivity contribution in [3.8, 4) is 0 Å². The molecule has 3 nitrogen and oxygen atoms in total. The van der Waals surface area contributed by atoms with Crippen molar-refractivity contribution in [1.29, 1.82) is 0 Å². The summed E-state index contributed by atoms with van der Waals surface area (Å²) in [5, 5.41) is 3.06. The summed E-state index contributed by atoms with van der Waals surface area (Å²) >= 11 is 1.66. The first-order chi connectivity index (χ1) is 8.60. The highest BCUT2D eigenvalue weighted by Crippen LogP contribution is 2.17. The molecule has 18 heavy (non-hydrogen) atoms. The Balaban J connectivity index is 2.80. The molecule has 0 bridgehead atoms. The van der Waals surface area contributed by atoms with Crippen molar-refractivity contribution in [2.75, 3.05) is 12.8 Å². The maximum atomic E-state index is 12.2. The molecular weight excluding hydrogens is 244 g/mol. The van der Waals surface area contributed by atoms with Gasteiger partial charge in [-0.2, -0.15) is 0 Å². The van der Waals surface area contributed by atoms with E-state index in [4.69, 9.17) is 5.73 Å². The van der Waals surface area contributed by atoms with Crippen molar-refractivity contribution in [2.45, 2.75) is 37.1 Å². The van der Waals surface area contributed by atoms with Crippen LogP contribution < -0.4 is 11.1 Å². The van der Waals surface area contributed by atoms with Gasteiger partial charge in [-0.25, -0.2) is 0 Å². The zero-order chi connectivity index (χ0) is 13.6. The molecule has 0 radical (unpaired) electrons. The lowest BCUT2D eigenvalue weighted by atomic mass is 9.92. The van der Waals surface area contributed by atoms with Crippen molar-refractivity contribution in [3.63, 3.8) is 0 Å². The van der Waals surface area contributed by atoms with Crippen molar-refractivity contribution in [2.24, 2.45) is 5.73 Å². The Morgan fingerprint density at radius 2 is 1.83 bits per heavy atom. The lowest BCUT2D eigenvalue weighted by molar-refractivity contribution is 0.0895. The quantitative estimate of drug-likeness (QED) is 0.778. The first kappa shape index (κ1) is 15.1. The molecule has 0 aliphatic heterocycles. The standard InChI is InChI=1S/C14H22N2OS/c1-4-14(5-2,10-15)16-13(17)11-6-8-12(18-3)9-7-11/h6-9H,4-5,10,15H2,1-3H3,(H,16,17). The average Bonchev–Trinajstić information content (AvgIpc) is 2.45. The molecule has 1 amide bonds. The fourth-order valence-corrected chi connectivity index (χ4v) is 2.23. The van der Waals surface area contributed by atoms with Crippen molar-refractivity contribution < 1.29 is 4.79 Å². The van der Waals surface area contributed by atoms with E-state index in [-0.39, 0.29) is 11.4 Å². The number of nitrogens with two attached hydrogens (primary N) is 1. The van der Waals surface area contributed by atoms with Gasteiger partial charge >= 0.3 is 0 Å². The third-order valence-corrected chi connectivity index (χ3v) is 4.22. The van der Waals surface area contributed by atoms with Gasteiger partial charge in [0.05, 0.1) is 5.54 Å². The lowest BCUT2D eigenvalue weighted by Crippen LogP contribution is -2.52. The van der Waals surface area contributed by atoms with E-state index in [1.54, 1.807) is 11.8 Å². The molecule has 0 atom stereocenters. The minimum Gasteiger partial charge on any atom is -0.345 e. The van der Waals surface area contributed by atoms with Gasteiger partial charge in [0.1, 0.15) is 0 Å². The van der Waals surface area contributed by atoms with E-state index in [1.165, 1.54) is 0 Å². The molecule has 1 rings (SSSR count). The van der Waals surface area contributed by atoms with Crippen molar-refractivity contribution >= 4 is 17.7 Å². The smallest absolute Gasteiger partial charge is 0.251 e. The van der Waals surface area contributed by atoms with Gasteiger partial charge in [-0.15, -0.1) is 11.8 Å². The molecule has 4 heteroatoms. The molecule has 0 spiro atoms. The molecule has 0 saturated heterocycles. The van der Waals surface area contributed by atoms with Gasteiger partial charge in [0.25, 0.3) is 5.91 Å². The first-order valence-corrected chi connectivity index (χ1v) is 7.50. The summed E-state index contributed by atoms with van der Waals surface area (Å²) in [7, 11) is 0. The van der Waals surface area contributed by atoms with Crippen LogP contribution in [-0.4, -0.2) is 24.2 Å². The highest BCUT2D eigenvalue weighted by molar-refractivity contribution is 7.98. The van der Waals surface area contributed by atoms with E-state index in [9.17, 15) is 4.79 Å². The summed E-state index contributed by atoms with van der Waals surface area (Å²) in [4.78, 5) is 13.3. The maximum absolute atomic E-state index is 12.2. The molecule has 0 fully saturated rings. The number of carbonyl (C=O) groups excluding carboxylic acids is 1. The van der Waals surface area contributed by atoms with E-state index >= 15 is 0 Å². The fourth-order valence-electron chi connectivity index (χ4n) is 1.82. The van der Waals surface area contributed by atoms with E-state index in [0.717, 1.165) is 17.7 Å². The fraction of sp³-hybridized carbons (Fsp3) is 0.500. The minimum atomic E-state index is -0.282. The second-order valence-electron chi connectivity index (χ2n) is 4.37. The van der Waals surface area contributed by atoms with Crippen LogP contribution in [-0.2, 0) is 0 Å². The van der Waals surface area contributed by atoms with Crippen molar-refractivity contribution in [1.82, 2.24) is 5.32 Å². The summed E-state index contributed by atoms with van der Waals surface area (Å²) in [6.07, 6.45) is 3.70. The first-order valence-electron chi connectivity index (χ1n) is 6.27. The van der Waals surface area contributed by atoms with Crippen LogP contribution >= 0.6 is 11.8 Å². The van der Waals surface area contributed by atoms with Gasteiger partial charge in [0.15, 0.2) is 0 Å². The van der Waals surface area contributed by atoms with Crippen LogP contribution in [0.25, 0.3) is 0 Å². The topological polar surface area (TPSA) is 55.1 Å². The predicted molar refractivity (Wildman–Crippen MR) is 78.1 cm³/mol. The zero-order valence-corrected chi connectivity index (χ0v) is 12.1. The van der Waals surface area contributed by atoms with Crippen LogP contribution in [0.1, 0.15) is 37.0 Å². The Morgan fingerprint density at radius 1 is 1.28 bits per heavy atom. The third kappa shape index (κ3) is 3.50. The lowest BCUT2D eigenvalue weighted by Gasteiger charge is -2.31. The minimum absolute atomic E-state index is 0.0446. The molecule has 0 unspecified atom stereocenters. The molecule has 1 aromatic carbocycles. The number of rotatable bonds is 6. The second kappa shape index (κ2) is 6.81. The van der Waals surface area contributed by atoms with E-state index < -0.39 is 0 Å². The van der Waals surface area contributed by atoms with Crippen LogP contribution in [0.2, 0.25) is 0 Å². The van der Waals surface area contributed by atoms with Gasteiger partial charge in [-0.3, -0.25) is 4.79 Å². The van der Waals surface area contributed by atoms with Crippen LogP contribution in [0.5, 0.6) is 0 Å². The maximum Gasteiger partial charge on any atom is 0.251 e. The van der Waals surface area contributed by atoms with Gasteiger partial charge < -0.3 is 11.1 Å². The molecule has 3 N–H and O–H groups in total. The van der Waals surface area contributed by atoms with E-state index in [0.29, 0.717) is 12.1 Å². The summed E-state index contributed by atoms with van der Waals surface area (Å²) in [6, 6.07) is 7.63. The summed E-state index contributed by atoms with van der Waals surface area (Å²) in [5.41, 5.74) is 6.19. The molecule has 0 saturated carbocycles. The predicted octanol–water partition coefficient (Wildman–Crippen LogP) is 2.66. The summed E-state index contributed by atoms with van der Waals surface area (Å²) in [6.45, 7) is 4.57.